The predicted molar refractivity (Wildman–Crippen MR) is 128 cm³/mol. The second kappa shape index (κ2) is 11.6. The van der Waals surface area contributed by atoms with Crippen LogP contribution < -0.4 is 5.73 Å². The van der Waals surface area contributed by atoms with Crippen LogP contribution in [0.3, 0.4) is 0 Å². The van der Waals surface area contributed by atoms with Crippen molar-refractivity contribution in [1.29, 1.82) is 0 Å². The van der Waals surface area contributed by atoms with E-state index in [1.165, 1.54) is 4.90 Å². The number of amides is 3. The van der Waals surface area contributed by atoms with Crippen molar-refractivity contribution in [3.8, 4) is 0 Å². The molecule has 2 heterocycles. The average molecular weight is 479 g/mol. The van der Waals surface area contributed by atoms with Gasteiger partial charge in [0.05, 0.1) is 6.54 Å². The third kappa shape index (κ3) is 6.78. The van der Waals surface area contributed by atoms with Crippen LogP contribution in [-0.4, -0.2) is 62.0 Å². The van der Waals surface area contributed by atoms with E-state index in [9.17, 15) is 19.2 Å². The fourth-order valence-corrected chi connectivity index (χ4v) is 3.69. The lowest BCUT2D eigenvalue weighted by Gasteiger charge is -2.17. The summed E-state index contributed by atoms with van der Waals surface area (Å²) in [5, 5.41) is 16.7. The number of hydrogen-bond donors (Lipinski definition) is 4. The molecule has 1 aliphatic rings. The summed E-state index contributed by atoms with van der Waals surface area (Å²) in [5.41, 5.74) is 9.81. The van der Waals surface area contributed by atoms with Crippen LogP contribution in [0.15, 0.2) is 66.9 Å². The quantitative estimate of drug-likeness (QED) is 0.286. The van der Waals surface area contributed by atoms with E-state index in [4.69, 9.17) is 15.9 Å². The molecule has 0 radical (unpaired) electrons. The number of carbonyl (C=O) groups is 4. The molecular formula is C25H26N4O6. The zero-order valence-electron chi connectivity index (χ0n) is 18.9. The lowest BCUT2D eigenvalue weighted by molar-refractivity contribution is -0.134. The minimum atomic E-state index is -1.26. The van der Waals surface area contributed by atoms with Gasteiger partial charge in [-0.05, 0) is 41.8 Å². The molecule has 0 bridgehead atoms. The molecule has 1 aromatic heterocycles. The number of carbonyl (C=O) groups excluding carboxylic acids is 2. The topological polar surface area (TPSA) is 157 Å². The number of benzene rings is 2. The Bertz CT molecular complexity index is 1240. The highest BCUT2D eigenvalue weighted by atomic mass is 16.4. The van der Waals surface area contributed by atoms with Gasteiger partial charge in [0.1, 0.15) is 6.54 Å². The van der Waals surface area contributed by atoms with Crippen LogP contribution in [0.1, 0.15) is 16.7 Å². The zero-order valence-corrected chi connectivity index (χ0v) is 18.9. The van der Waals surface area contributed by atoms with Crippen LogP contribution >= 0.6 is 0 Å². The molecule has 3 amide bonds. The van der Waals surface area contributed by atoms with E-state index in [1.54, 1.807) is 4.90 Å². The fraction of sp³-hybridized carbons (Fsp3) is 0.200. The van der Waals surface area contributed by atoms with Crippen LogP contribution in [0.4, 0.5) is 4.79 Å². The number of rotatable bonds is 8. The number of H-pyrrole nitrogens is 1. The highest BCUT2D eigenvalue weighted by molar-refractivity contribution is 6.02. The van der Waals surface area contributed by atoms with E-state index in [2.05, 4.69) is 4.98 Å². The van der Waals surface area contributed by atoms with Crippen LogP contribution in [0.25, 0.3) is 10.9 Å². The molecule has 0 unspecified atom stereocenters. The monoisotopic (exact) mass is 478 g/mol. The number of fused-ring (bicyclic) bond motifs is 1. The highest BCUT2D eigenvalue weighted by Gasteiger charge is 2.35. The van der Waals surface area contributed by atoms with Crippen molar-refractivity contribution in [3.05, 3.63) is 83.6 Å². The number of urea groups is 1. The van der Waals surface area contributed by atoms with Gasteiger partial charge in [0.25, 0.3) is 5.91 Å². The first-order chi connectivity index (χ1) is 16.8. The summed E-state index contributed by atoms with van der Waals surface area (Å²) in [6, 6.07) is 15.4. The summed E-state index contributed by atoms with van der Waals surface area (Å²) in [4.78, 5) is 50.4. The first-order valence-electron chi connectivity index (χ1n) is 10.8. The zero-order chi connectivity index (χ0) is 25.4. The van der Waals surface area contributed by atoms with Gasteiger partial charge < -0.3 is 25.8 Å². The molecule has 0 atom stereocenters. The number of aliphatic carboxylic acids is 2. The number of carboxylic acid groups (broad SMARTS) is 2. The van der Waals surface area contributed by atoms with Crippen LogP contribution in [0, 0.1) is 0 Å². The standard InChI is InChI=1S/C21H22N4O2.C4H4O4/c22-9-8-17-11-23-19-7-6-16(10-18(17)19)13-25-20(26)14-24(21(25)27)12-15-4-2-1-3-5-15;5-3(6)1-2-4(7)8/h1-7,10-11,23H,8-9,12-14,22H2;1-2H,(H,5,6)(H,7,8). The summed E-state index contributed by atoms with van der Waals surface area (Å²) < 4.78 is 0. The van der Waals surface area contributed by atoms with E-state index in [0.29, 0.717) is 25.2 Å². The molecule has 2 aromatic carbocycles. The Morgan fingerprint density at radius 1 is 0.971 bits per heavy atom. The molecule has 0 aliphatic carbocycles. The Hall–Kier alpha value is -4.44. The van der Waals surface area contributed by atoms with Crippen LogP contribution in [-0.2, 0) is 33.9 Å². The average Bonchev–Trinajstić information content (AvgIpc) is 3.34. The number of aromatic amines is 1. The van der Waals surface area contributed by atoms with Crippen molar-refractivity contribution < 1.29 is 29.4 Å². The van der Waals surface area contributed by atoms with Gasteiger partial charge in [-0.25, -0.2) is 14.4 Å². The van der Waals surface area contributed by atoms with E-state index >= 15 is 0 Å². The van der Waals surface area contributed by atoms with Gasteiger partial charge in [-0.1, -0.05) is 36.4 Å². The summed E-state index contributed by atoms with van der Waals surface area (Å²) in [6.45, 7) is 1.43. The van der Waals surface area contributed by atoms with Gasteiger partial charge in [-0.3, -0.25) is 9.69 Å². The van der Waals surface area contributed by atoms with Gasteiger partial charge >= 0.3 is 18.0 Å². The second-order valence-corrected chi connectivity index (χ2v) is 7.85. The number of nitrogens with zero attached hydrogens (tertiary/aromatic N) is 2. The molecule has 0 spiro atoms. The molecule has 0 saturated carbocycles. The van der Waals surface area contributed by atoms with Crippen molar-refractivity contribution in [2.24, 2.45) is 5.73 Å². The summed E-state index contributed by atoms with van der Waals surface area (Å²) >= 11 is 0. The predicted octanol–water partition coefficient (Wildman–Crippen LogP) is 2.35. The van der Waals surface area contributed by atoms with E-state index in [1.807, 2.05) is 54.7 Å². The molecule has 1 saturated heterocycles. The minimum absolute atomic E-state index is 0.124. The van der Waals surface area contributed by atoms with Crippen LogP contribution in [0.2, 0.25) is 0 Å². The third-order valence-electron chi connectivity index (χ3n) is 5.30. The van der Waals surface area contributed by atoms with Crippen LogP contribution in [0.5, 0.6) is 0 Å². The molecule has 1 aliphatic heterocycles. The van der Waals surface area contributed by atoms with Crippen molar-refractivity contribution in [2.75, 3.05) is 13.1 Å². The fourth-order valence-electron chi connectivity index (χ4n) is 3.69. The summed E-state index contributed by atoms with van der Waals surface area (Å²) in [6.07, 6.45) is 3.87. The summed E-state index contributed by atoms with van der Waals surface area (Å²) in [7, 11) is 0. The smallest absolute Gasteiger partial charge is 0.328 e. The molecule has 182 valence electrons. The first kappa shape index (κ1) is 25.2. The third-order valence-corrected chi connectivity index (χ3v) is 5.30. The number of nitrogens with one attached hydrogen (secondary N) is 1. The number of carboxylic acids is 2. The molecule has 5 N–H and O–H groups in total. The molecule has 1 fully saturated rings. The number of imide groups is 1. The lowest BCUT2D eigenvalue weighted by Crippen LogP contribution is -2.32. The van der Waals surface area contributed by atoms with Crippen molar-refractivity contribution in [3.63, 3.8) is 0 Å². The van der Waals surface area contributed by atoms with E-state index in [-0.39, 0.29) is 25.0 Å². The Kier molecular flexibility index (Phi) is 8.36. The number of hydrogen-bond acceptors (Lipinski definition) is 5. The Morgan fingerprint density at radius 2 is 1.66 bits per heavy atom. The Morgan fingerprint density at radius 3 is 2.29 bits per heavy atom. The van der Waals surface area contributed by atoms with Gasteiger partial charge in [0, 0.05) is 35.8 Å². The number of aromatic nitrogens is 1. The molecule has 4 rings (SSSR count). The van der Waals surface area contributed by atoms with Crippen molar-refractivity contribution in [1.82, 2.24) is 14.8 Å². The van der Waals surface area contributed by atoms with E-state index in [0.717, 1.165) is 34.0 Å². The molecule has 10 heteroatoms. The van der Waals surface area contributed by atoms with Crippen molar-refractivity contribution in [2.45, 2.75) is 19.5 Å². The largest absolute Gasteiger partial charge is 0.478 e. The Labute approximate surface area is 201 Å². The van der Waals surface area contributed by atoms with Gasteiger partial charge in [0.15, 0.2) is 0 Å². The maximum Gasteiger partial charge on any atom is 0.328 e. The van der Waals surface area contributed by atoms with Gasteiger partial charge in [-0.15, -0.1) is 0 Å². The second-order valence-electron chi connectivity index (χ2n) is 7.85. The first-order valence-corrected chi connectivity index (χ1v) is 10.8. The molecule has 3 aromatic rings. The molecule has 35 heavy (non-hydrogen) atoms. The molecular weight excluding hydrogens is 452 g/mol. The Balaban J connectivity index is 0.000000371. The van der Waals surface area contributed by atoms with E-state index < -0.39 is 11.9 Å². The highest BCUT2D eigenvalue weighted by Crippen LogP contribution is 2.23. The maximum absolute atomic E-state index is 12.7. The molecule has 10 nitrogen and oxygen atoms in total. The lowest BCUT2D eigenvalue weighted by atomic mass is 10.1. The van der Waals surface area contributed by atoms with Gasteiger partial charge in [0.2, 0.25) is 0 Å². The van der Waals surface area contributed by atoms with Gasteiger partial charge in [-0.2, -0.15) is 0 Å². The normalized spacial score (nSPS) is 13.4. The SMILES string of the molecule is NCCc1c[nH]c2ccc(CN3C(=O)CN(Cc4ccccc4)C3=O)cc12.O=C(O)C=CC(=O)O. The maximum atomic E-state index is 12.7. The van der Waals surface area contributed by atoms with Crippen molar-refractivity contribution >= 4 is 34.8 Å². The minimum Gasteiger partial charge on any atom is -0.478 e. The number of nitrogens with two attached hydrogens (primary N) is 1. The summed E-state index contributed by atoms with van der Waals surface area (Å²) in [5.74, 6) is -2.67.